The number of phenolic OH excluding ortho intramolecular Hbond substituents is 2. The predicted octanol–water partition coefficient (Wildman–Crippen LogP) is 5.88. The molecule has 1 rings (SSSR count). The molecule has 0 aliphatic heterocycles. The predicted molar refractivity (Wildman–Crippen MR) is 102 cm³/mol. The van der Waals surface area contributed by atoms with Gasteiger partial charge in [-0.3, -0.25) is 0 Å². The molecule has 0 atom stereocenters. The van der Waals surface area contributed by atoms with Crippen molar-refractivity contribution >= 4 is 12.0 Å². The molecule has 0 heterocycles. The van der Waals surface area contributed by atoms with Crippen molar-refractivity contribution in [3.63, 3.8) is 0 Å². The fraction of sp³-hybridized carbons (Fsp3) is 0.571. The SMILES string of the molecule is CCCCCCCCCCCCC(=Cc1ccc(O)c(O)c1)C(=O)O. The Morgan fingerprint density at radius 2 is 1.44 bits per heavy atom. The molecule has 1 aromatic rings. The van der Waals surface area contributed by atoms with Gasteiger partial charge >= 0.3 is 5.97 Å². The van der Waals surface area contributed by atoms with E-state index in [2.05, 4.69) is 6.92 Å². The van der Waals surface area contributed by atoms with Crippen molar-refractivity contribution in [2.24, 2.45) is 0 Å². The van der Waals surface area contributed by atoms with Gasteiger partial charge in [0.25, 0.3) is 0 Å². The molecule has 4 nitrogen and oxygen atoms in total. The fourth-order valence-corrected chi connectivity index (χ4v) is 2.88. The van der Waals surface area contributed by atoms with Gasteiger partial charge in [0.15, 0.2) is 11.5 Å². The topological polar surface area (TPSA) is 77.8 Å². The lowest BCUT2D eigenvalue weighted by molar-refractivity contribution is -0.132. The van der Waals surface area contributed by atoms with Crippen molar-refractivity contribution < 1.29 is 20.1 Å². The third-order valence-electron chi connectivity index (χ3n) is 4.41. The number of carbonyl (C=O) groups is 1. The molecule has 0 spiro atoms. The Kier molecular flexibility index (Phi) is 10.5. The van der Waals surface area contributed by atoms with Gasteiger partial charge in [-0.15, -0.1) is 0 Å². The highest BCUT2D eigenvalue weighted by Gasteiger charge is 2.08. The van der Waals surface area contributed by atoms with Crippen LogP contribution in [0.1, 0.15) is 83.1 Å². The van der Waals surface area contributed by atoms with Gasteiger partial charge in [0.1, 0.15) is 0 Å². The third kappa shape index (κ3) is 9.18. The van der Waals surface area contributed by atoms with E-state index in [4.69, 9.17) is 0 Å². The Morgan fingerprint density at radius 3 is 1.96 bits per heavy atom. The van der Waals surface area contributed by atoms with Crippen LogP contribution in [0.4, 0.5) is 0 Å². The van der Waals surface area contributed by atoms with Crippen LogP contribution >= 0.6 is 0 Å². The molecule has 0 aromatic heterocycles. The second kappa shape index (κ2) is 12.4. The number of rotatable bonds is 13. The average Bonchev–Trinajstić information content (AvgIpc) is 2.58. The number of benzene rings is 1. The molecule has 0 amide bonds. The molecule has 3 N–H and O–H groups in total. The number of carboxylic acid groups (broad SMARTS) is 1. The van der Waals surface area contributed by atoms with Crippen LogP contribution in [0.3, 0.4) is 0 Å². The summed E-state index contributed by atoms with van der Waals surface area (Å²) in [7, 11) is 0. The number of aliphatic carboxylic acids is 1. The van der Waals surface area contributed by atoms with Crippen molar-refractivity contribution in [2.45, 2.75) is 77.6 Å². The highest BCUT2D eigenvalue weighted by atomic mass is 16.4. The van der Waals surface area contributed by atoms with E-state index >= 15 is 0 Å². The average molecular weight is 348 g/mol. The van der Waals surface area contributed by atoms with E-state index in [0.717, 1.165) is 19.3 Å². The van der Waals surface area contributed by atoms with Crippen LogP contribution in [0, 0.1) is 0 Å². The number of carboxylic acids is 1. The van der Waals surface area contributed by atoms with E-state index in [-0.39, 0.29) is 11.5 Å². The Morgan fingerprint density at radius 1 is 0.880 bits per heavy atom. The lowest BCUT2D eigenvalue weighted by atomic mass is 10.0. The number of hydrogen-bond acceptors (Lipinski definition) is 3. The normalized spacial score (nSPS) is 11.6. The highest BCUT2D eigenvalue weighted by molar-refractivity contribution is 5.92. The van der Waals surface area contributed by atoms with Gasteiger partial charge in [-0.2, -0.15) is 0 Å². The highest BCUT2D eigenvalue weighted by Crippen LogP contribution is 2.26. The van der Waals surface area contributed by atoms with Crippen molar-refractivity contribution in [1.82, 2.24) is 0 Å². The van der Waals surface area contributed by atoms with Gasteiger partial charge in [0.05, 0.1) is 0 Å². The number of aromatic hydroxyl groups is 2. The first-order valence-electron chi connectivity index (χ1n) is 9.50. The van der Waals surface area contributed by atoms with Crippen LogP contribution < -0.4 is 0 Å². The molecular weight excluding hydrogens is 316 g/mol. The molecule has 4 heteroatoms. The van der Waals surface area contributed by atoms with E-state index < -0.39 is 5.97 Å². The smallest absolute Gasteiger partial charge is 0.331 e. The lowest BCUT2D eigenvalue weighted by Gasteiger charge is -2.05. The Labute approximate surface area is 151 Å². The maximum Gasteiger partial charge on any atom is 0.331 e. The van der Waals surface area contributed by atoms with Crippen LogP contribution in [-0.4, -0.2) is 21.3 Å². The summed E-state index contributed by atoms with van der Waals surface area (Å²) in [6.45, 7) is 2.23. The maximum atomic E-state index is 11.4. The van der Waals surface area contributed by atoms with Gasteiger partial charge in [-0.05, 0) is 36.6 Å². The molecule has 1 aromatic carbocycles. The maximum absolute atomic E-state index is 11.4. The number of unbranched alkanes of at least 4 members (excludes halogenated alkanes) is 9. The van der Waals surface area contributed by atoms with Crippen molar-refractivity contribution in [3.05, 3.63) is 29.3 Å². The second-order valence-electron chi connectivity index (χ2n) is 6.65. The summed E-state index contributed by atoms with van der Waals surface area (Å²) in [4.78, 5) is 11.4. The van der Waals surface area contributed by atoms with E-state index in [1.54, 1.807) is 12.1 Å². The van der Waals surface area contributed by atoms with Crippen LogP contribution in [0.2, 0.25) is 0 Å². The van der Waals surface area contributed by atoms with Crippen molar-refractivity contribution in [1.29, 1.82) is 0 Å². The minimum atomic E-state index is -0.927. The summed E-state index contributed by atoms with van der Waals surface area (Å²) in [5.41, 5.74) is 0.921. The van der Waals surface area contributed by atoms with Gasteiger partial charge < -0.3 is 15.3 Å². The molecule has 140 valence electrons. The van der Waals surface area contributed by atoms with Crippen LogP contribution in [-0.2, 0) is 4.79 Å². The quantitative estimate of drug-likeness (QED) is 0.236. The Hall–Kier alpha value is -1.97. The van der Waals surface area contributed by atoms with Gasteiger partial charge in [0.2, 0.25) is 0 Å². The molecule has 0 saturated carbocycles. The number of hydrogen-bond donors (Lipinski definition) is 3. The lowest BCUT2D eigenvalue weighted by Crippen LogP contribution is -2.00. The molecule has 0 unspecified atom stereocenters. The Balaban J connectivity index is 2.28. The summed E-state index contributed by atoms with van der Waals surface area (Å²) in [5, 5.41) is 28.1. The standard InChI is InChI=1S/C21H32O4/c1-2-3-4-5-6-7-8-9-10-11-12-18(21(24)25)15-17-13-14-19(22)20(23)16-17/h13-16,22-23H,2-12H2,1H3,(H,24,25). The minimum Gasteiger partial charge on any atom is -0.504 e. The molecule has 0 aliphatic carbocycles. The molecule has 25 heavy (non-hydrogen) atoms. The summed E-state index contributed by atoms with van der Waals surface area (Å²) in [5.74, 6) is -1.37. The van der Waals surface area contributed by atoms with Gasteiger partial charge in [0, 0.05) is 5.57 Å². The number of phenols is 2. The molecule has 0 radical (unpaired) electrons. The van der Waals surface area contributed by atoms with Crippen molar-refractivity contribution in [2.75, 3.05) is 0 Å². The Bertz CT molecular complexity index is 549. The monoisotopic (exact) mass is 348 g/mol. The largest absolute Gasteiger partial charge is 0.504 e. The van der Waals surface area contributed by atoms with Gasteiger partial charge in [-0.1, -0.05) is 70.8 Å². The fourth-order valence-electron chi connectivity index (χ4n) is 2.88. The summed E-state index contributed by atoms with van der Waals surface area (Å²) in [6.07, 6.45) is 14.2. The van der Waals surface area contributed by atoms with Crippen LogP contribution in [0.15, 0.2) is 23.8 Å². The van der Waals surface area contributed by atoms with E-state index in [9.17, 15) is 20.1 Å². The first-order chi connectivity index (χ1) is 12.0. The molecule has 0 bridgehead atoms. The first kappa shape index (κ1) is 21.1. The first-order valence-corrected chi connectivity index (χ1v) is 9.50. The van der Waals surface area contributed by atoms with Crippen molar-refractivity contribution in [3.8, 4) is 11.5 Å². The minimum absolute atomic E-state index is 0.205. The summed E-state index contributed by atoms with van der Waals surface area (Å²) < 4.78 is 0. The zero-order valence-electron chi connectivity index (χ0n) is 15.3. The van der Waals surface area contributed by atoms with Crippen LogP contribution in [0.5, 0.6) is 11.5 Å². The van der Waals surface area contributed by atoms with E-state index in [1.807, 2.05) is 0 Å². The van der Waals surface area contributed by atoms with E-state index in [1.165, 1.54) is 57.1 Å². The third-order valence-corrected chi connectivity index (χ3v) is 4.41. The second-order valence-corrected chi connectivity index (χ2v) is 6.65. The molecular formula is C21H32O4. The zero-order valence-corrected chi connectivity index (χ0v) is 15.3. The van der Waals surface area contributed by atoms with Gasteiger partial charge in [-0.25, -0.2) is 4.79 Å². The summed E-state index contributed by atoms with van der Waals surface area (Å²) in [6, 6.07) is 4.33. The molecule has 0 saturated heterocycles. The molecule has 0 fully saturated rings. The summed E-state index contributed by atoms with van der Waals surface area (Å²) >= 11 is 0. The van der Waals surface area contributed by atoms with Crippen LogP contribution in [0.25, 0.3) is 6.08 Å². The zero-order chi connectivity index (χ0) is 18.5. The molecule has 0 aliphatic rings. The van der Waals surface area contributed by atoms with E-state index in [0.29, 0.717) is 17.6 Å².